The maximum absolute atomic E-state index is 12.0. The molecule has 3 nitrogen and oxygen atoms in total. The standard InChI is InChI=1S/C26H45NO2/c1-3-4-5-6-7-8-9-10-11-12-13-14-15-16-17-18-21-24-22-19-20-23-25(24)26(28)27(2)29/h19-20,22-23,29H,3-18,21H2,1-2H3. The monoisotopic (exact) mass is 403 g/mol. The van der Waals surface area contributed by atoms with Crippen molar-refractivity contribution in [3.8, 4) is 0 Å². The minimum atomic E-state index is -0.322. The Bertz CT molecular complexity index is 527. The van der Waals surface area contributed by atoms with Crippen LogP contribution in [0.3, 0.4) is 0 Å². The maximum atomic E-state index is 12.0. The lowest BCUT2D eigenvalue weighted by Crippen LogP contribution is -2.23. The molecule has 1 aromatic rings. The van der Waals surface area contributed by atoms with E-state index in [1.165, 1.54) is 103 Å². The molecule has 1 N–H and O–H groups in total. The van der Waals surface area contributed by atoms with Crippen molar-refractivity contribution in [3.63, 3.8) is 0 Å². The molecular formula is C26H45NO2. The van der Waals surface area contributed by atoms with Crippen LogP contribution in [-0.2, 0) is 6.42 Å². The first-order valence-corrected chi connectivity index (χ1v) is 12.2. The lowest BCUT2D eigenvalue weighted by molar-refractivity contribution is -0.0375. The average molecular weight is 404 g/mol. The van der Waals surface area contributed by atoms with Crippen molar-refractivity contribution in [1.82, 2.24) is 5.06 Å². The molecule has 0 heterocycles. The number of rotatable bonds is 18. The Balaban J connectivity index is 1.94. The summed E-state index contributed by atoms with van der Waals surface area (Å²) >= 11 is 0. The lowest BCUT2D eigenvalue weighted by atomic mass is 9.99. The molecule has 1 amide bonds. The second-order valence-electron chi connectivity index (χ2n) is 8.54. The summed E-state index contributed by atoms with van der Waals surface area (Å²) in [6.45, 7) is 2.28. The maximum Gasteiger partial charge on any atom is 0.277 e. The van der Waals surface area contributed by atoms with Crippen LogP contribution in [0, 0.1) is 0 Å². The molecule has 166 valence electrons. The van der Waals surface area contributed by atoms with Crippen LogP contribution in [0.5, 0.6) is 0 Å². The van der Waals surface area contributed by atoms with Crippen molar-refractivity contribution in [3.05, 3.63) is 35.4 Å². The van der Waals surface area contributed by atoms with Gasteiger partial charge in [0.25, 0.3) is 5.91 Å². The number of unbranched alkanes of at least 4 members (excludes halogenated alkanes) is 15. The fraction of sp³-hybridized carbons (Fsp3) is 0.731. The normalized spacial score (nSPS) is 11.0. The first kappa shape index (κ1) is 25.7. The number of hydrogen-bond donors (Lipinski definition) is 1. The largest absolute Gasteiger partial charge is 0.286 e. The molecule has 0 spiro atoms. The zero-order valence-corrected chi connectivity index (χ0v) is 19.1. The number of hydrogen-bond acceptors (Lipinski definition) is 2. The van der Waals surface area contributed by atoms with Crippen LogP contribution in [-0.4, -0.2) is 23.2 Å². The topological polar surface area (TPSA) is 40.5 Å². The van der Waals surface area contributed by atoms with E-state index < -0.39 is 0 Å². The fourth-order valence-electron chi connectivity index (χ4n) is 3.98. The number of amides is 1. The van der Waals surface area contributed by atoms with E-state index in [1.807, 2.05) is 18.2 Å². The van der Waals surface area contributed by atoms with Gasteiger partial charge < -0.3 is 0 Å². The van der Waals surface area contributed by atoms with E-state index in [4.69, 9.17) is 0 Å². The third kappa shape index (κ3) is 12.7. The lowest BCUT2D eigenvalue weighted by Gasteiger charge is -2.12. The SMILES string of the molecule is CCCCCCCCCCCCCCCCCCc1ccccc1C(=O)N(C)O. The minimum Gasteiger partial charge on any atom is -0.286 e. The summed E-state index contributed by atoms with van der Waals surface area (Å²) in [5.74, 6) is -0.322. The highest BCUT2D eigenvalue weighted by Gasteiger charge is 2.13. The van der Waals surface area contributed by atoms with Gasteiger partial charge in [-0.05, 0) is 24.5 Å². The first-order chi connectivity index (χ1) is 14.2. The van der Waals surface area contributed by atoms with Gasteiger partial charge in [-0.3, -0.25) is 10.0 Å². The van der Waals surface area contributed by atoms with Crippen LogP contribution in [0.15, 0.2) is 24.3 Å². The van der Waals surface area contributed by atoms with Gasteiger partial charge >= 0.3 is 0 Å². The van der Waals surface area contributed by atoms with E-state index in [0.717, 1.165) is 18.4 Å². The van der Waals surface area contributed by atoms with Gasteiger partial charge in [-0.25, -0.2) is 5.06 Å². The van der Waals surface area contributed by atoms with E-state index >= 15 is 0 Å². The molecule has 0 radical (unpaired) electrons. The van der Waals surface area contributed by atoms with Gasteiger partial charge in [0.05, 0.1) is 0 Å². The number of carbonyl (C=O) groups excluding carboxylic acids is 1. The Morgan fingerprint density at radius 1 is 0.724 bits per heavy atom. The van der Waals surface area contributed by atoms with Gasteiger partial charge in [0.2, 0.25) is 0 Å². The molecule has 1 aromatic carbocycles. The van der Waals surface area contributed by atoms with Crippen molar-refractivity contribution < 1.29 is 10.0 Å². The van der Waals surface area contributed by atoms with Gasteiger partial charge in [-0.15, -0.1) is 0 Å². The van der Waals surface area contributed by atoms with Gasteiger partial charge in [0.1, 0.15) is 0 Å². The molecule has 0 bridgehead atoms. The summed E-state index contributed by atoms with van der Waals surface area (Å²) < 4.78 is 0. The molecule has 0 aliphatic carbocycles. The van der Waals surface area contributed by atoms with Crippen molar-refractivity contribution in [1.29, 1.82) is 0 Å². The highest BCUT2D eigenvalue weighted by Crippen LogP contribution is 2.16. The van der Waals surface area contributed by atoms with Crippen LogP contribution in [0.1, 0.15) is 126 Å². The van der Waals surface area contributed by atoms with Crippen LogP contribution >= 0.6 is 0 Å². The van der Waals surface area contributed by atoms with Crippen LogP contribution in [0.25, 0.3) is 0 Å². The molecule has 0 atom stereocenters. The van der Waals surface area contributed by atoms with Gasteiger partial charge in [0, 0.05) is 12.6 Å². The third-order valence-corrected chi connectivity index (χ3v) is 5.84. The van der Waals surface area contributed by atoms with Gasteiger partial charge in [-0.2, -0.15) is 0 Å². The second-order valence-corrected chi connectivity index (χ2v) is 8.54. The zero-order valence-electron chi connectivity index (χ0n) is 19.1. The van der Waals surface area contributed by atoms with E-state index in [0.29, 0.717) is 10.6 Å². The van der Waals surface area contributed by atoms with Crippen molar-refractivity contribution in [2.75, 3.05) is 7.05 Å². The average Bonchev–Trinajstić information content (AvgIpc) is 2.73. The number of benzene rings is 1. The number of carbonyl (C=O) groups is 1. The smallest absolute Gasteiger partial charge is 0.277 e. The fourth-order valence-corrected chi connectivity index (χ4v) is 3.98. The van der Waals surface area contributed by atoms with Crippen molar-refractivity contribution in [2.24, 2.45) is 0 Å². The Labute approximate surface area is 179 Å². The Morgan fingerprint density at radius 2 is 1.14 bits per heavy atom. The minimum absolute atomic E-state index is 0.322. The van der Waals surface area contributed by atoms with Crippen LogP contribution in [0.4, 0.5) is 0 Å². The van der Waals surface area contributed by atoms with E-state index in [2.05, 4.69) is 6.92 Å². The summed E-state index contributed by atoms with van der Waals surface area (Å²) in [7, 11) is 1.38. The summed E-state index contributed by atoms with van der Waals surface area (Å²) in [6, 6.07) is 7.63. The Hall–Kier alpha value is -1.35. The van der Waals surface area contributed by atoms with Crippen LogP contribution in [0.2, 0.25) is 0 Å². The highest BCUT2D eigenvalue weighted by atomic mass is 16.5. The number of hydroxylamine groups is 2. The predicted molar refractivity (Wildman–Crippen MR) is 124 cm³/mol. The third-order valence-electron chi connectivity index (χ3n) is 5.84. The molecular weight excluding hydrogens is 358 g/mol. The second kappa shape index (κ2) is 17.5. The van der Waals surface area contributed by atoms with Crippen molar-refractivity contribution in [2.45, 2.75) is 116 Å². The number of nitrogens with zero attached hydrogens (tertiary/aromatic N) is 1. The van der Waals surface area contributed by atoms with E-state index in [-0.39, 0.29) is 5.91 Å². The van der Waals surface area contributed by atoms with Crippen molar-refractivity contribution >= 4 is 5.91 Å². The number of aryl methyl sites for hydroxylation is 1. The van der Waals surface area contributed by atoms with E-state index in [9.17, 15) is 10.0 Å². The molecule has 0 fully saturated rings. The molecule has 0 aromatic heterocycles. The molecule has 0 saturated carbocycles. The van der Waals surface area contributed by atoms with Gasteiger partial charge in [0.15, 0.2) is 0 Å². The molecule has 3 heteroatoms. The summed E-state index contributed by atoms with van der Waals surface area (Å²) in [5.41, 5.74) is 1.67. The molecule has 0 aliphatic heterocycles. The summed E-state index contributed by atoms with van der Waals surface area (Å²) in [6.07, 6.45) is 22.8. The zero-order chi connectivity index (χ0) is 21.2. The Morgan fingerprint density at radius 3 is 1.59 bits per heavy atom. The molecule has 0 aliphatic rings. The summed E-state index contributed by atoms with van der Waals surface area (Å²) in [4.78, 5) is 12.0. The molecule has 0 unspecified atom stereocenters. The quantitative estimate of drug-likeness (QED) is 0.153. The predicted octanol–water partition coefficient (Wildman–Crippen LogP) is 7.95. The molecule has 0 saturated heterocycles. The molecule has 29 heavy (non-hydrogen) atoms. The highest BCUT2D eigenvalue weighted by molar-refractivity contribution is 5.94. The van der Waals surface area contributed by atoms with Crippen LogP contribution < -0.4 is 0 Å². The summed E-state index contributed by atoms with van der Waals surface area (Å²) in [5, 5.41) is 10.1. The Kier molecular flexibility index (Phi) is 15.5. The first-order valence-electron chi connectivity index (χ1n) is 12.2. The molecule has 1 rings (SSSR count). The van der Waals surface area contributed by atoms with Gasteiger partial charge in [-0.1, -0.05) is 121 Å². The van der Waals surface area contributed by atoms with E-state index in [1.54, 1.807) is 6.07 Å².